The average Bonchev–Trinajstić information content (AvgIpc) is 3.19. The fourth-order valence-electron chi connectivity index (χ4n) is 5.96. The van der Waals surface area contributed by atoms with Gasteiger partial charge in [-0.15, -0.1) is 0 Å². The fraction of sp³-hybridized carbons (Fsp3) is 0. The molecular weight excluding hydrogens is 585 g/mol. The summed E-state index contributed by atoms with van der Waals surface area (Å²) in [6.07, 6.45) is 7.33. The number of hydrogen-bond acceptors (Lipinski definition) is 4. The minimum Gasteiger partial charge on any atom is -0.265 e. The summed E-state index contributed by atoms with van der Waals surface area (Å²) in [6, 6.07) is 54.8. The van der Waals surface area contributed by atoms with E-state index in [9.17, 15) is 0 Å². The van der Waals surface area contributed by atoms with Crippen molar-refractivity contribution in [2.45, 2.75) is 0 Å². The first kappa shape index (κ1) is 28.9. The van der Waals surface area contributed by atoms with Crippen LogP contribution in [0.1, 0.15) is 0 Å². The Balaban J connectivity index is 1.20. The smallest absolute Gasteiger partial charge is 0.160 e. The average molecular weight is 615 g/mol. The molecule has 0 spiro atoms. The van der Waals surface area contributed by atoms with Gasteiger partial charge in [-0.1, -0.05) is 121 Å². The monoisotopic (exact) mass is 614 g/mol. The predicted molar refractivity (Wildman–Crippen MR) is 196 cm³/mol. The molecule has 5 aromatic carbocycles. The van der Waals surface area contributed by atoms with Gasteiger partial charge in [-0.3, -0.25) is 9.97 Å². The third-order valence-electron chi connectivity index (χ3n) is 8.52. The molecule has 0 aliphatic carbocycles. The molecule has 4 heteroatoms. The molecule has 0 saturated heterocycles. The topological polar surface area (TPSA) is 51.6 Å². The van der Waals surface area contributed by atoms with E-state index in [-0.39, 0.29) is 0 Å². The van der Waals surface area contributed by atoms with E-state index in [0.717, 1.165) is 61.5 Å². The van der Waals surface area contributed by atoms with Crippen LogP contribution in [0.2, 0.25) is 0 Å². The number of benzene rings is 5. The Bertz CT molecular complexity index is 2200. The van der Waals surface area contributed by atoms with Crippen molar-refractivity contribution in [1.82, 2.24) is 19.9 Å². The van der Waals surface area contributed by atoms with Crippen molar-refractivity contribution in [3.05, 3.63) is 183 Å². The van der Waals surface area contributed by atoms with Crippen LogP contribution in [0.15, 0.2) is 183 Å². The summed E-state index contributed by atoms with van der Waals surface area (Å²) >= 11 is 0. The Hall–Kier alpha value is -6.52. The number of nitrogens with zero attached hydrogens (tertiary/aromatic N) is 4. The minimum absolute atomic E-state index is 0.680. The quantitative estimate of drug-likeness (QED) is 0.179. The van der Waals surface area contributed by atoms with Gasteiger partial charge in [-0.2, -0.15) is 0 Å². The lowest BCUT2D eigenvalue weighted by Gasteiger charge is -2.12. The van der Waals surface area contributed by atoms with Gasteiger partial charge < -0.3 is 0 Å². The molecule has 0 unspecified atom stereocenters. The largest absolute Gasteiger partial charge is 0.265 e. The van der Waals surface area contributed by atoms with Crippen molar-refractivity contribution < 1.29 is 0 Å². The molecule has 4 nitrogen and oxygen atoms in total. The Morgan fingerprint density at radius 2 is 0.750 bits per heavy atom. The fourth-order valence-corrected chi connectivity index (χ4v) is 5.96. The van der Waals surface area contributed by atoms with E-state index in [4.69, 9.17) is 9.97 Å². The van der Waals surface area contributed by atoms with Crippen LogP contribution in [0.5, 0.6) is 0 Å². The van der Waals surface area contributed by atoms with E-state index in [1.807, 2.05) is 42.9 Å². The molecule has 0 N–H and O–H groups in total. The molecule has 0 fully saturated rings. The van der Waals surface area contributed by atoms with Crippen LogP contribution in [0, 0.1) is 0 Å². The van der Waals surface area contributed by atoms with Gasteiger partial charge in [0.1, 0.15) is 0 Å². The lowest BCUT2D eigenvalue weighted by atomic mass is 9.97. The van der Waals surface area contributed by atoms with Gasteiger partial charge in [0, 0.05) is 47.0 Å². The first-order valence-corrected chi connectivity index (χ1v) is 15.9. The van der Waals surface area contributed by atoms with E-state index in [1.165, 1.54) is 11.1 Å². The summed E-state index contributed by atoms with van der Waals surface area (Å²) in [5.74, 6) is 0.680. The highest BCUT2D eigenvalue weighted by atomic mass is 14.9. The van der Waals surface area contributed by atoms with Gasteiger partial charge in [-0.25, -0.2) is 9.97 Å². The number of hydrogen-bond donors (Lipinski definition) is 0. The van der Waals surface area contributed by atoms with Crippen LogP contribution < -0.4 is 0 Å². The van der Waals surface area contributed by atoms with Crippen molar-refractivity contribution in [2.24, 2.45) is 0 Å². The van der Waals surface area contributed by atoms with E-state index >= 15 is 0 Å². The van der Waals surface area contributed by atoms with Crippen molar-refractivity contribution in [3.8, 4) is 78.4 Å². The maximum atomic E-state index is 5.14. The highest BCUT2D eigenvalue weighted by molar-refractivity contribution is 5.79. The van der Waals surface area contributed by atoms with Gasteiger partial charge >= 0.3 is 0 Å². The molecule has 3 aromatic heterocycles. The van der Waals surface area contributed by atoms with Crippen molar-refractivity contribution >= 4 is 0 Å². The second kappa shape index (κ2) is 13.1. The van der Waals surface area contributed by atoms with Gasteiger partial charge in [0.25, 0.3) is 0 Å². The summed E-state index contributed by atoms with van der Waals surface area (Å²) in [7, 11) is 0. The molecule has 48 heavy (non-hydrogen) atoms. The molecule has 0 radical (unpaired) electrons. The van der Waals surface area contributed by atoms with Crippen LogP contribution in [0.3, 0.4) is 0 Å². The Morgan fingerprint density at radius 1 is 0.271 bits per heavy atom. The maximum absolute atomic E-state index is 5.14. The van der Waals surface area contributed by atoms with Crippen LogP contribution in [-0.2, 0) is 0 Å². The van der Waals surface area contributed by atoms with E-state index < -0.39 is 0 Å². The summed E-state index contributed by atoms with van der Waals surface area (Å²) in [6.45, 7) is 0. The lowest BCUT2D eigenvalue weighted by Crippen LogP contribution is -1.96. The summed E-state index contributed by atoms with van der Waals surface area (Å²) in [4.78, 5) is 18.7. The Labute approximate surface area is 280 Å². The normalized spacial score (nSPS) is 10.9. The van der Waals surface area contributed by atoms with Gasteiger partial charge in [0.15, 0.2) is 5.82 Å². The van der Waals surface area contributed by atoms with Crippen LogP contribution in [-0.4, -0.2) is 19.9 Å². The first-order chi connectivity index (χ1) is 23.8. The van der Waals surface area contributed by atoms with E-state index in [1.54, 1.807) is 6.20 Å². The molecule has 8 rings (SSSR count). The van der Waals surface area contributed by atoms with Crippen LogP contribution in [0.25, 0.3) is 78.4 Å². The number of rotatable bonds is 7. The second-order valence-electron chi connectivity index (χ2n) is 11.6. The lowest BCUT2D eigenvalue weighted by molar-refractivity contribution is 1.18. The van der Waals surface area contributed by atoms with E-state index in [2.05, 4.69) is 143 Å². The van der Waals surface area contributed by atoms with Crippen LogP contribution in [0.4, 0.5) is 0 Å². The predicted octanol–water partition coefficient (Wildman–Crippen LogP) is 10.9. The van der Waals surface area contributed by atoms with Gasteiger partial charge in [0.2, 0.25) is 0 Å². The minimum atomic E-state index is 0.680. The summed E-state index contributed by atoms with van der Waals surface area (Å²) < 4.78 is 0. The molecule has 226 valence electrons. The standard InChI is InChI=1S/C44H30N4/c1-2-7-31(8-3-1)32-14-18-35(19-15-32)42-29-43(48-44(47-42)36-20-16-33(17-21-36)34-22-25-45-26-23-34)40-12-5-10-38(28-40)37-9-4-11-39(27-37)41-13-6-24-46-30-41/h1-30H. The Morgan fingerprint density at radius 3 is 1.40 bits per heavy atom. The zero-order valence-electron chi connectivity index (χ0n) is 26.1. The highest BCUT2D eigenvalue weighted by Crippen LogP contribution is 2.33. The van der Waals surface area contributed by atoms with E-state index in [0.29, 0.717) is 5.82 Å². The summed E-state index contributed by atoms with van der Waals surface area (Å²) in [5.41, 5.74) is 13.8. The second-order valence-corrected chi connectivity index (χ2v) is 11.6. The zero-order chi connectivity index (χ0) is 32.1. The molecule has 3 heterocycles. The third kappa shape index (κ3) is 6.15. The molecule has 0 atom stereocenters. The van der Waals surface area contributed by atoms with Crippen molar-refractivity contribution in [2.75, 3.05) is 0 Å². The SMILES string of the molecule is c1ccc(-c2ccc(-c3cc(-c4cccc(-c5cccc(-c6cccnc6)c5)c4)nc(-c4ccc(-c5ccncc5)cc4)n3)cc2)cc1. The maximum Gasteiger partial charge on any atom is 0.160 e. The molecule has 0 aliphatic rings. The van der Waals surface area contributed by atoms with Gasteiger partial charge in [-0.05, 0) is 75.3 Å². The first-order valence-electron chi connectivity index (χ1n) is 15.9. The molecule has 0 amide bonds. The van der Waals surface area contributed by atoms with Crippen LogP contribution >= 0.6 is 0 Å². The molecule has 0 bridgehead atoms. The number of pyridine rings is 2. The summed E-state index contributed by atoms with van der Waals surface area (Å²) in [5, 5.41) is 0. The van der Waals surface area contributed by atoms with Crippen molar-refractivity contribution in [1.29, 1.82) is 0 Å². The molecule has 0 saturated carbocycles. The molecule has 8 aromatic rings. The molecular formula is C44H30N4. The molecule has 0 aliphatic heterocycles. The third-order valence-corrected chi connectivity index (χ3v) is 8.52. The number of aromatic nitrogens is 4. The zero-order valence-corrected chi connectivity index (χ0v) is 26.1. The highest BCUT2D eigenvalue weighted by Gasteiger charge is 2.13. The van der Waals surface area contributed by atoms with Crippen molar-refractivity contribution in [3.63, 3.8) is 0 Å². The Kier molecular flexibility index (Phi) is 7.87. The van der Waals surface area contributed by atoms with Gasteiger partial charge in [0.05, 0.1) is 11.4 Å².